The van der Waals surface area contributed by atoms with Crippen LogP contribution in [0, 0.1) is 0 Å². The third kappa shape index (κ3) is 4.37. The number of ether oxygens (including phenoxy) is 1. The maximum atomic E-state index is 11.3. The van der Waals surface area contributed by atoms with Crippen LogP contribution < -0.4 is 15.8 Å². The lowest BCUT2D eigenvalue weighted by molar-refractivity contribution is 0.125. The number of nitrogens with two attached hydrogens (primary N) is 1. The molecule has 1 aliphatic heterocycles. The van der Waals surface area contributed by atoms with Crippen LogP contribution in [0.5, 0.6) is 5.88 Å². The van der Waals surface area contributed by atoms with E-state index < -0.39 is 10.8 Å². The van der Waals surface area contributed by atoms with E-state index in [4.69, 9.17) is 10.5 Å². The lowest BCUT2D eigenvalue weighted by atomic mass is 10.1. The van der Waals surface area contributed by atoms with Crippen LogP contribution in [0.15, 0.2) is 12.1 Å². The van der Waals surface area contributed by atoms with Gasteiger partial charge in [-0.2, -0.15) is 4.98 Å². The number of rotatable bonds is 3. The summed E-state index contributed by atoms with van der Waals surface area (Å²) in [5, 5.41) is 3.37. The molecule has 6 heteroatoms. The Hall–Kier alpha value is -1.30. The molecule has 3 N–H and O–H groups in total. The molecule has 1 saturated heterocycles. The van der Waals surface area contributed by atoms with Crippen molar-refractivity contribution >= 4 is 22.3 Å². The molecule has 0 unspecified atom stereocenters. The highest BCUT2D eigenvalue weighted by Crippen LogP contribution is 2.26. The van der Waals surface area contributed by atoms with Crippen LogP contribution in [0.4, 0.5) is 11.5 Å². The summed E-state index contributed by atoms with van der Waals surface area (Å²) in [6.07, 6.45) is 1.82. The van der Waals surface area contributed by atoms with Crippen molar-refractivity contribution in [3.63, 3.8) is 0 Å². The standard InChI is InChI=1S/C14H23N3O2S/c1-14(2,3)19-13-11(15)4-5-12(17-13)16-10-6-8-20(18)9-7-10/h4-5,10H,6-9,15H2,1-3H3,(H,16,17). The first kappa shape index (κ1) is 15.1. The molecule has 2 heterocycles. The molecule has 1 aromatic heterocycles. The van der Waals surface area contributed by atoms with Crippen molar-refractivity contribution in [2.24, 2.45) is 0 Å². The number of nitrogens with zero attached hydrogens (tertiary/aromatic N) is 1. The Balaban J connectivity index is 2.05. The number of hydrogen-bond acceptors (Lipinski definition) is 5. The fraction of sp³-hybridized carbons (Fsp3) is 0.643. The summed E-state index contributed by atoms with van der Waals surface area (Å²) in [5.41, 5.74) is 6.10. The Morgan fingerprint density at radius 3 is 2.60 bits per heavy atom. The van der Waals surface area contributed by atoms with Gasteiger partial charge in [-0.3, -0.25) is 4.21 Å². The molecule has 0 radical (unpaired) electrons. The van der Waals surface area contributed by atoms with E-state index in [1.54, 1.807) is 6.07 Å². The molecule has 0 spiro atoms. The van der Waals surface area contributed by atoms with Gasteiger partial charge in [0.05, 0.1) is 5.69 Å². The van der Waals surface area contributed by atoms with Gasteiger partial charge in [-0.1, -0.05) is 0 Å². The minimum absolute atomic E-state index is 0.325. The number of pyridine rings is 1. The van der Waals surface area contributed by atoms with Crippen molar-refractivity contribution < 1.29 is 8.95 Å². The summed E-state index contributed by atoms with van der Waals surface area (Å²) in [6.45, 7) is 5.89. The first-order chi connectivity index (χ1) is 9.33. The van der Waals surface area contributed by atoms with Gasteiger partial charge < -0.3 is 15.8 Å². The van der Waals surface area contributed by atoms with Gasteiger partial charge in [0.15, 0.2) is 0 Å². The van der Waals surface area contributed by atoms with Crippen molar-refractivity contribution in [1.29, 1.82) is 0 Å². The van der Waals surface area contributed by atoms with Crippen molar-refractivity contribution in [2.75, 3.05) is 22.6 Å². The van der Waals surface area contributed by atoms with Crippen molar-refractivity contribution in [3.8, 4) is 5.88 Å². The average Bonchev–Trinajstić information content (AvgIpc) is 2.34. The van der Waals surface area contributed by atoms with Crippen LogP contribution in [0.3, 0.4) is 0 Å². The van der Waals surface area contributed by atoms with Gasteiger partial charge in [-0.25, -0.2) is 0 Å². The van der Waals surface area contributed by atoms with E-state index in [-0.39, 0.29) is 5.60 Å². The topological polar surface area (TPSA) is 77.2 Å². The molecule has 20 heavy (non-hydrogen) atoms. The number of hydrogen-bond donors (Lipinski definition) is 2. The second-order valence-electron chi connectivity index (χ2n) is 6.07. The molecule has 0 bridgehead atoms. The van der Waals surface area contributed by atoms with Crippen LogP contribution in [0.25, 0.3) is 0 Å². The van der Waals surface area contributed by atoms with Crippen molar-refractivity contribution in [2.45, 2.75) is 45.3 Å². The van der Waals surface area contributed by atoms with Gasteiger partial charge in [0.25, 0.3) is 0 Å². The van der Waals surface area contributed by atoms with Gasteiger partial charge >= 0.3 is 0 Å². The molecule has 1 aliphatic rings. The van der Waals surface area contributed by atoms with Gasteiger partial charge in [0.2, 0.25) is 5.88 Å². The minimum atomic E-state index is -0.645. The quantitative estimate of drug-likeness (QED) is 0.894. The highest BCUT2D eigenvalue weighted by Gasteiger charge is 2.19. The van der Waals surface area contributed by atoms with E-state index in [0.717, 1.165) is 30.2 Å². The summed E-state index contributed by atoms with van der Waals surface area (Å²) in [5.74, 6) is 2.74. The largest absolute Gasteiger partial charge is 0.470 e. The van der Waals surface area contributed by atoms with Crippen LogP contribution in [-0.2, 0) is 10.8 Å². The van der Waals surface area contributed by atoms with Gasteiger partial charge in [0.1, 0.15) is 11.4 Å². The highest BCUT2D eigenvalue weighted by atomic mass is 32.2. The third-order valence-electron chi connectivity index (χ3n) is 3.03. The molecule has 1 aromatic rings. The minimum Gasteiger partial charge on any atom is -0.470 e. The Kier molecular flexibility index (Phi) is 4.52. The van der Waals surface area contributed by atoms with E-state index in [0.29, 0.717) is 17.6 Å². The normalized spacial score (nSPS) is 23.4. The fourth-order valence-corrected chi connectivity index (χ4v) is 3.35. The summed E-state index contributed by atoms with van der Waals surface area (Å²) < 4.78 is 17.1. The molecule has 0 saturated carbocycles. The zero-order valence-electron chi connectivity index (χ0n) is 12.3. The second-order valence-corrected chi connectivity index (χ2v) is 7.77. The van der Waals surface area contributed by atoms with Gasteiger partial charge in [-0.05, 0) is 45.7 Å². The number of anilines is 2. The molecule has 0 atom stereocenters. The third-order valence-corrected chi connectivity index (χ3v) is 4.41. The maximum absolute atomic E-state index is 11.3. The van der Waals surface area contributed by atoms with Gasteiger partial charge in [0, 0.05) is 28.3 Å². The molecule has 2 rings (SSSR count). The Bertz CT molecular complexity index is 490. The lowest BCUT2D eigenvalue weighted by Crippen LogP contribution is -2.30. The smallest absolute Gasteiger partial charge is 0.239 e. The molecule has 0 aliphatic carbocycles. The monoisotopic (exact) mass is 297 g/mol. The highest BCUT2D eigenvalue weighted by molar-refractivity contribution is 7.85. The molecule has 112 valence electrons. The predicted molar refractivity (Wildman–Crippen MR) is 83.6 cm³/mol. The SMILES string of the molecule is CC(C)(C)Oc1nc(NC2CCS(=O)CC2)ccc1N. The van der Waals surface area contributed by atoms with Crippen LogP contribution in [-0.4, -0.2) is 32.3 Å². The number of aromatic nitrogens is 1. The molecular formula is C14H23N3O2S. The molecule has 0 aromatic carbocycles. The average molecular weight is 297 g/mol. The zero-order chi connectivity index (χ0) is 14.8. The van der Waals surface area contributed by atoms with E-state index >= 15 is 0 Å². The summed E-state index contributed by atoms with van der Waals surface area (Å²) in [6, 6.07) is 3.99. The maximum Gasteiger partial charge on any atom is 0.239 e. The lowest BCUT2D eigenvalue weighted by Gasteiger charge is -2.25. The predicted octanol–water partition coefficient (Wildman–Crippen LogP) is 2.16. The van der Waals surface area contributed by atoms with Crippen molar-refractivity contribution in [1.82, 2.24) is 4.98 Å². The number of nitrogen functional groups attached to an aromatic ring is 1. The number of nitrogens with one attached hydrogen (secondary N) is 1. The summed E-state index contributed by atoms with van der Waals surface area (Å²) in [4.78, 5) is 4.44. The molecular weight excluding hydrogens is 274 g/mol. The zero-order valence-corrected chi connectivity index (χ0v) is 13.1. The van der Waals surface area contributed by atoms with E-state index in [1.165, 1.54) is 0 Å². The van der Waals surface area contributed by atoms with E-state index in [2.05, 4.69) is 10.3 Å². The molecule has 1 fully saturated rings. The van der Waals surface area contributed by atoms with Crippen LogP contribution in [0.1, 0.15) is 33.6 Å². The van der Waals surface area contributed by atoms with Crippen LogP contribution >= 0.6 is 0 Å². The van der Waals surface area contributed by atoms with E-state index in [1.807, 2.05) is 26.8 Å². The Morgan fingerprint density at radius 2 is 2.00 bits per heavy atom. The summed E-state index contributed by atoms with van der Waals surface area (Å²) in [7, 11) is -0.645. The molecule has 0 amide bonds. The first-order valence-electron chi connectivity index (χ1n) is 6.90. The van der Waals surface area contributed by atoms with Crippen LogP contribution in [0.2, 0.25) is 0 Å². The summed E-state index contributed by atoms with van der Waals surface area (Å²) >= 11 is 0. The molecule has 5 nitrogen and oxygen atoms in total. The van der Waals surface area contributed by atoms with Crippen molar-refractivity contribution in [3.05, 3.63) is 12.1 Å². The Morgan fingerprint density at radius 1 is 1.35 bits per heavy atom. The first-order valence-corrected chi connectivity index (χ1v) is 8.39. The fourth-order valence-electron chi connectivity index (χ4n) is 2.05. The van der Waals surface area contributed by atoms with E-state index in [9.17, 15) is 4.21 Å². The Labute approximate surface area is 122 Å². The van der Waals surface area contributed by atoms with Gasteiger partial charge in [-0.15, -0.1) is 0 Å². The second kappa shape index (κ2) is 5.99.